The van der Waals surface area contributed by atoms with Crippen molar-refractivity contribution in [3.63, 3.8) is 0 Å². The molecule has 12 heteroatoms. The molecular formula is C26H43N3O9. The minimum atomic E-state index is -1.48. The lowest BCUT2D eigenvalue weighted by atomic mass is 9.92. The Hall–Kier alpha value is -2.85. The van der Waals surface area contributed by atoms with Gasteiger partial charge >= 0.3 is 23.9 Å². The van der Waals surface area contributed by atoms with Crippen molar-refractivity contribution in [3.05, 3.63) is 10.4 Å². The van der Waals surface area contributed by atoms with E-state index in [4.69, 9.17) is 23.7 Å². The molecule has 0 spiro atoms. The van der Waals surface area contributed by atoms with Crippen LogP contribution in [0.15, 0.2) is 5.11 Å². The lowest BCUT2D eigenvalue weighted by Crippen LogP contribution is -2.63. The van der Waals surface area contributed by atoms with Gasteiger partial charge in [0.1, 0.15) is 12.7 Å². The molecule has 5 atom stereocenters. The fourth-order valence-corrected chi connectivity index (χ4v) is 2.85. The van der Waals surface area contributed by atoms with Crippen molar-refractivity contribution >= 4 is 23.9 Å². The van der Waals surface area contributed by atoms with E-state index >= 15 is 0 Å². The molecule has 0 amide bonds. The summed E-state index contributed by atoms with van der Waals surface area (Å²) < 4.78 is 28.6. The van der Waals surface area contributed by atoms with Crippen LogP contribution in [0.3, 0.4) is 0 Å². The van der Waals surface area contributed by atoms with Crippen molar-refractivity contribution in [1.29, 1.82) is 0 Å². The minimum Gasteiger partial charge on any atom is -0.462 e. The van der Waals surface area contributed by atoms with Crippen molar-refractivity contribution in [1.82, 2.24) is 0 Å². The Morgan fingerprint density at radius 2 is 1.03 bits per heavy atom. The van der Waals surface area contributed by atoms with Crippen LogP contribution in [0.4, 0.5) is 0 Å². The molecule has 1 saturated heterocycles. The molecule has 1 aliphatic heterocycles. The molecule has 216 valence electrons. The van der Waals surface area contributed by atoms with E-state index in [0.29, 0.717) is 0 Å². The van der Waals surface area contributed by atoms with Gasteiger partial charge in [-0.15, -0.1) is 0 Å². The smallest absolute Gasteiger partial charge is 0.311 e. The Balaban J connectivity index is 3.67. The van der Waals surface area contributed by atoms with E-state index in [-0.39, 0.29) is 0 Å². The highest BCUT2D eigenvalue weighted by Crippen LogP contribution is 2.34. The molecule has 0 unspecified atom stereocenters. The Morgan fingerprint density at radius 1 is 0.658 bits per heavy atom. The number of nitrogens with zero attached hydrogens (tertiary/aromatic N) is 3. The second-order valence-corrected chi connectivity index (χ2v) is 13.5. The van der Waals surface area contributed by atoms with Crippen molar-refractivity contribution < 1.29 is 42.9 Å². The maximum Gasteiger partial charge on any atom is 0.311 e. The molecule has 1 heterocycles. The van der Waals surface area contributed by atoms with Crippen LogP contribution in [0.25, 0.3) is 10.4 Å². The number of ether oxygens (including phenoxy) is 5. The van der Waals surface area contributed by atoms with Gasteiger partial charge in [0.15, 0.2) is 24.5 Å². The normalized spacial score (nSPS) is 24.5. The SMILES string of the molecule is CC(C)(C)C(=O)OC[C@H]1O[C@@H](N=[N+]=[N-])[C@H](OC(=O)C(C)(C)C)[C@@H](OC(=O)C(C)(C)C)[C@@H]1OC(=O)C(C)(C)C. The minimum absolute atomic E-state index is 0.418. The number of carbonyl (C=O) groups excluding carboxylic acids is 4. The molecule has 38 heavy (non-hydrogen) atoms. The van der Waals surface area contributed by atoms with Gasteiger partial charge < -0.3 is 23.7 Å². The molecule has 0 N–H and O–H groups in total. The average molecular weight is 542 g/mol. The number of azide groups is 1. The molecule has 0 aromatic rings. The summed E-state index contributed by atoms with van der Waals surface area (Å²) in [6.45, 7) is 19.2. The van der Waals surface area contributed by atoms with Crippen molar-refractivity contribution in [3.8, 4) is 0 Å². The molecule has 12 nitrogen and oxygen atoms in total. The van der Waals surface area contributed by atoms with Gasteiger partial charge in [0.2, 0.25) is 0 Å². The van der Waals surface area contributed by atoms with Gasteiger partial charge in [-0.1, -0.05) is 5.11 Å². The van der Waals surface area contributed by atoms with Gasteiger partial charge in [0, 0.05) is 4.91 Å². The predicted molar refractivity (Wildman–Crippen MR) is 136 cm³/mol. The van der Waals surface area contributed by atoms with Crippen molar-refractivity contribution in [2.45, 2.75) is 114 Å². The number of rotatable bonds is 6. The van der Waals surface area contributed by atoms with Gasteiger partial charge in [-0.3, -0.25) is 19.2 Å². The Kier molecular flexibility index (Phi) is 10.4. The molecule has 1 fully saturated rings. The monoisotopic (exact) mass is 541 g/mol. The summed E-state index contributed by atoms with van der Waals surface area (Å²) >= 11 is 0. The predicted octanol–water partition coefficient (Wildman–Crippen LogP) is 4.48. The second-order valence-electron chi connectivity index (χ2n) is 13.5. The van der Waals surface area contributed by atoms with Crippen LogP contribution in [0.1, 0.15) is 83.1 Å². The third-order valence-electron chi connectivity index (χ3n) is 5.33. The number of carbonyl (C=O) groups is 4. The first-order valence-corrected chi connectivity index (χ1v) is 12.5. The van der Waals surface area contributed by atoms with Crippen molar-refractivity contribution in [2.24, 2.45) is 26.8 Å². The highest BCUT2D eigenvalue weighted by molar-refractivity contribution is 5.78. The van der Waals surface area contributed by atoms with Gasteiger partial charge in [0.05, 0.1) is 21.7 Å². The lowest BCUT2D eigenvalue weighted by Gasteiger charge is -2.45. The quantitative estimate of drug-likeness (QED) is 0.155. The first-order valence-electron chi connectivity index (χ1n) is 12.5. The van der Waals surface area contributed by atoms with Crippen molar-refractivity contribution in [2.75, 3.05) is 6.61 Å². The van der Waals surface area contributed by atoms with Crippen LogP contribution in [0.2, 0.25) is 0 Å². The standard InChI is InChI=1S/C26H43N3O9/c1-23(2,3)19(30)34-13-14-15(36-20(31)24(4,5)6)16(37-21(32)25(7,8)9)17(18(35-14)28-29-27)38-22(33)26(10,11)12/h14-18H,13H2,1-12H3/t14-,15-,16+,17-,18-/m1/s1. The summed E-state index contributed by atoms with van der Waals surface area (Å²) in [5.41, 5.74) is 5.44. The molecule has 0 radical (unpaired) electrons. The zero-order valence-corrected chi connectivity index (χ0v) is 24.6. The van der Waals surface area contributed by atoms with Crippen LogP contribution in [-0.2, 0) is 42.9 Å². The summed E-state index contributed by atoms with van der Waals surface area (Å²) in [7, 11) is 0. The van der Waals surface area contributed by atoms with Crippen LogP contribution in [-0.4, -0.2) is 61.1 Å². The molecule has 1 aliphatic rings. The largest absolute Gasteiger partial charge is 0.462 e. The number of hydrogen-bond donors (Lipinski definition) is 0. The number of esters is 4. The fraction of sp³-hybridized carbons (Fsp3) is 0.846. The first-order chi connectivity index (χ1) is 17.0. The Labute approximate surface area is 224 Å². The van der Waals surface area contributed by atoms with E-state index in [1.165, 1.54) is 0 Å². The van der Waals surface area contributed by atoms with Crippen LogP contribution in [0.5, 0.6) is 0 Å². The zero-order valence-electron chi connectivity index (χ0n) is 24.6. The van der Waals surface area contributed by atoms with E-state index in [1.54, 1.807) is 83.1 Å². The summed E-state index contributed by atoms with van der Waals surface area (Å²) in [6, 6.07) is 0. The highest BCUT2D eigenvalue weighted by Gasteiger charge is 2.54. The molecule has 0 aliphatic carbocycles. The highest BCUT2D eigenvalue weighted by atomic mass is 16.7. The van der Waals surface area contributed by atoms with Crippen LogP contribution >= 0.6 is 0 Å². The average Bonchev–Trinajstić information content (AvgIpc) is 2.73. The molecule has 0 saturated carbocycles. The van der Waals surface area contributed by atoms with E-state index in [0.717, 1.165) is 0 Å². The molecular weight excluding hydrogens is 498 g/mol. The second kappa shape index (κ2) is 11.9. The van der Waals surface area contributed by atoms with Gasteiger partial charge in [-0.05, 0) is 88.6 Å². The lowest BCUT2D eigenvalue weighted by molar-refractivity contribution is -0.259. The van der Waals surface area contributed by atoms with E-state index in [9.17, 15) is 24.7 Å². The van der Waals surface area contributed by atoms with Gasteiger partial charge in [-0.2, -0.15) is 0 Å². The summed E-state index contributed by atoms with van der Waals surface area (Å²) in [5, 5.41) is 3.62. The van der Waals surface area contributed by atoms with Gasteiger partial charge in [0.25, 0.3) is 0 Å². The van der Waals surface area contributed by atoms with E-state index in [1.807, 2.05) is 0 Å². The molecule has 0 aromatic heterocycles. The maximum absolute atomic E-state index is 13.0. The molecule has 0 bridgehead atoms. The maximum atomic E-state index is 13.0. The third kappa shape index (κ3) is 9.16. The number of hydrogen-bond acceptors (Lipinski definition) is 10. The van der Waals surface area contributed by atoms with E-state index < -0.39 is 82.8 Å². The first kappa shape index (κ1) is 33.2. The van der Waals surface area contributed by atoms with Gasteiger partial charge in [-0.25, -0.2) is 0 Å². The zero-order chi connectivity index (χ0) is 29.9. The fourth-order valence-electron chi connectivity index (χ4n) is 2.85. The van der Waals surface area contributed by atoms with E-state index in [2.05, 4.69) is 10.0 Å². The van der Waals surface area contributed by atoms with Crippen LogP contribution < -0.4 is 0 Å². The Morgan fingerprint density at radius 3 is 1.39 bits per heavy atom. The van der Waals surface area contributed by atoms with Crippen LogP contribution in [0, 0.1) is 21.7 Å². The molecule has 0 aromatic carbocycles. The summed E-state index contributed by atoms with van der Waals surface area (Å²) in [5.74, 6) is -2.62. The summed E-state index contributed by atoms with van der Waals surface area (Å²) in [6.07, 6.45) is -6.97. The molecule has 1 rings (SSSR count). The third-order valence-corrected chi connectivity index (χ3v) is 5.33. The summed E-state index contributed by atoms with van der Waals surface area (Å²) in [4.78, 5) is 54.2. The topological polar surface area (TPSA) is 163 Å². The Bertz CT molecular complexity index is 945.